The first kappa shape index (κ1) is 23.6. The predicted octanol–water partition coefficient (Wildman–Crippen LogP) is 2.73. The fourth-order valence-electron chi connectivity index (χ4n) is 3.03. The molecule has 168 valence electrons. The highest BCUT2D eigenvalue weighted by atomic mass is 79.9. The van der Waals surface area contributed by atoms with Crippen LogP contribution in [0, 0.1) is 17.1 Å². The average Bonchev–Trinajstić information content (AvgIpc) is 2.77. The Morgan fingerprint density at radius 3 is 2.42 bits per heavy atom. The summed E-state index contributed by atoms with van der Waals surface area (Å²) in [7, 11) is 0. The lowest BCUT2D eigenvalue weighted by atomic mass is 10.2. The van der Waals surface area contributed by atoms with Gasteiger partial charge in [0.25, 0.3) is 5.56 Å². The maximum Gasteiger partial charge on any atom is 0.267 e. The van der Waals surface area contributed by atoms with Crippen molar-refractivity contribution in [3.05, 3.63) is 68.7 Å². The first-order chi connectivity index (χ1) is 15.8. The number of hydrogen-bond acceptors (Lipinski definition) is 9. The van der Waals surface area contributed by atoms with Crippen LogP contribution in [0.25, 0.3) is 16.6 Å². The highest BCUT2D eigenvalue weighted by Crippen LogP contribution is 2.23. The van der Waals surface area contributed by atoms with Crippen molar-refractivity contribution in [1.29, 1.82) is 5.26 Å². The van der Waals surface area contributed by atoms with E-state index in [0.717, 1.165) is 6.42 Å². The molecular formula is C21H19BrFN9O. The lowest BCUT2D eigenvalue weighted by Gasteiger charge is -2.13. The van der Waals surface area contributed by atoms with E-state index in [4.69, 9.17) is 22.5 Å². The van der Waals surface area contributed by atoms with Crippen LogP contribution in [0.4, 0.5) is 22.0 Å². The minimum atomic E-state index is -0.494. The minimum absolute atomic E-state index is 0.0116. The number of benzene rings is 1. The third kappa shape index (κ3) is 4.88. The Balaban J connectivity index is 0.000000235. The van der Waals surface area contributed by atoms with Gasteiger partial charge in [0.1, 0.15) is 40.4 Å². The number of nitriles is 1. The molecular weight excluding hydrogens is 493 g/mol. The van der Waals surface area contributed by atoms with Gasteiger partial charge in [-0.15, -0.1) is 0 Å². The van der Waals surface area contributed by atoms with Gasteiger partial charge in [-0.05, 0) is 46.6 Å². The molecule has 0 bridgehead atoms. The van der Waals surface area contributed by atoms with Crippen LogP contribution in [-0.4, -0.2) is 24.5 Å². The highest BCUT2D eigenvalue weighted by Gasteiger charge is 2.17. The Bertz CT molecular complexity index is 1390. The number of aromatic nitrogens is 5. The second-order valence-electron chi connectivity index (χ2n) is 6.72. The fraction of sp³-hybridized carbons (Fsp3) is 0.143. The summed E-state index contributed by atoms with van der Waals surface area (Å²) in [6.07, 6.45) is 4.61. The Morgan fingerprint density at radius 1 is 1.15 bits per heavy atom. The standard InChI is InChI=1S/C16H13BrFN3O.C5H6N6/c1-2-4-13-20-15-12(18)7-6-11(17)14(15)16(22)21(13)10-5-3-8-19-9-10;6-1-2-3(7)10-5(9)11-4(2)8/h3,5-9H,2,4H2,1H3;(H6,7,8,9,10,11). The van der Waals surface area contributed by atoms with Gasteiger partial charge >= 0.3 is 0 Å². The third-order valence-corrected chi connectivity index (χ3v) is 5.13. The molecule has 33 heavy (non-hydrogen) atoms. The van der Waals surface area contributed by atoms with Crippen molar-refractivity contribution in [1.82, 2.24) is 24.5 Å². The lowest BCUT2D eigenvalue weighted by Crippen LogP contribution is -2.24. The molecule has 0 atom stereocenters. The van der Waals surface area contributed by atoms with Gasteiger partial charge in [-0.3, -0.25) is 14.3 Å². The number of hydrogen-bond donors (Lipinski definition) is 3. The van der Waals surface area contributed by atoms with Gasteiger partial charge in [-0.25, -0.2) is 9.37 Å². The third-order valence-electron chi connectivity index (χ3n) is 4.47. The molecule has 6 N–H and O–H groups in total. The summed E-state index contributed by atoms with van der Waals surface area (Å²) in [6.45, 7) is 1.99. The zero-order valence-electron chi connectivity index (χ0n) is 17.5. The maximum absolute atomic E-state index is 14.1. The zero-order chi connectivity index (χ0) is 24.1. The minimum Gasteiger partial charge on any atom is -0.382 e. The van der Waals surface area contributed by atoms with Gasteiger partial charge in [0, 0.05) is 17.1 Å². The number of nitrogen functional groups attached to an aromatic ring is 3. The average molecular weight is 512 g/mol. The molecule has 0 spiro atoms. The number of rotatable bonds is 3. The van der Waals surface area contributed by atoms with Crippen LogP contribution in [0.3, 0.4) is 0 Å². The van der Waals surface area contributed by atoms with E-state index in [1.807, 2.05) is 6.92 Å². The molecule has 10 nitrogen and oxygen atoms in total. The number of nitrogens with two attached hydrogens (primary N) is 3. The molecule has 0 amide bonds. The van der Waals surface area contributed by atoms with Crippen LogP contribution in [0.2, 0.25) is 0 Å². The first-order valence-corrected chi connectivity index (χ1v) is 10.5. The molecule has 1 aromatic carbocycles. The van der Waals surface area contributed by atoms with E-state index >= 15 is 0 Å². The van der Waals surface area contributed by atoms with Crippen LogP contribution in [0.5, 0.6) is 0 Å². The summed E-state index contributed by atoms with van der Waals surface area (Å²) in [5, 5.41) is 8.70. The monoisotopic (exact) mass is 511 g/mol. The Hall–Kier alpha value is -4.11. The molecule has 0 saturated heterocycles. The normalized spacial score (nSPS) is 10.4. The van der Waals surface area contributed by atoms with Crippen molar-refractivity contribution >= 4 is 44.4 Å². The van der Waals surface area contributed by atoms with Gasteiger partial charge in [-0.1, -0.05) is 6.92 Å². The second kappa shape index (κ2) is 10.0. The first-order valence-electron chi connectivity index (χ1n) is 9.67. The largest absolute Gasteiger partial charge is 0.382 e. The van der Waals surface area contributed by atoms with Crippen LogP contribution in [-0.2, 0) is 6.42 Å². The van der Waals surface area contributed by atoms with Crippen molar-refractivity contribution in [2.45, 2.75) is 19.8 Å². The van der Waals surface area contributed by atoms with Gasteiger partial charge in [0.15, 0.2) is 0 Å². The number of halogens is 2. The Labute approximate surface area is 196 Å². The van der Waals surface area contributed by atoms with Crippen molar-refractivity contribution < 1.29 is 4.39 Å². The topological polar surface area (TPSA) is 175 Å². The van der Waals surface area contributed by atoms with Crippen LogP contribution in [0.15, 0.2) is 45.9 Å². The SMILES string of the molecule is CCCc1nc2c(F)ccc(Br)c2c(=O)n1-c1cccnc1.N#Cc1c(N)nc(N)nc1N. The van der Waals surface area contributed by atoms with Gasteiger partial charge in [0.05, 0.1) is 17.3 Å². The Kier molecular flexibility index (Phi) is 7.14. The summed E-state index contributed by atoms with van der Waals surface area (Å²) < 4.78 is 16.1. The molecule has 12 heteroatoms. The highest BCUT2D eigenvalue weighted by molar-refractivity contribution is 9.10. The second-order valence-corrected chi connectivity index (χ2v) is 7.58. The molecule has 0 aliphatic carbocycles. The van der Waals surface area contributed by atoms with E-state index in [0.29, 0.717) is 22.4 Å². The number of aryl methyl sites for hydroxylation is 1. The van der Waals surface area contributed by atoms with Gasteiger partial charge < -0.3 is 17.2 Å². The van der Waals surface area contributed by atoms with E-state index in [9.17, 15) is 9.18 Å². The van der Waals surface area contributed by atoms with E-state index in [2.05, 4.69) is 35.9 Å². The van der Waals surface area contributed by atoms with Gasteiger partial charge in [-0.2, -0.15) is 15.2 Å². The fourth-order valence-corrected chi connectivity index (χ4v) is 3.52. The molecule has 0 saturated carbocycles. The van der Waals surface area contributed by atoms with Crippen LogP contribution in [0.1, 0.15) is 24.7 Å². The molecule has 0 aliphatic heterocycles. The van der Waals surface area contributed by atoms with E-state index in [1.165, 1.54) is 16.7 Å². The number of fused-ring (bicyclic) bond motifs is 1. The number of anilines is 3. The summed E-state index contributed by atoms with van der Waals surface area (Å²) in [6, 6.07) is 8.13. The zero-order valence-corrected chi connectivity index (χ0v) is 19.0. The summed E-state index contributed by atoms with van der Waals surface area (Å²) in [5.41, 5.74) is 16.3. The van der Waals surface area contributed by atoms with Crippen molar-refractivity contribution in [3.8, 4) is 11.8 Å². The summed E-state index contributed by atoms with van der Waals surface area (Å²) in [4.78, 5) is 28.4. The predicted molar refractivity (Wildman–Crippen MR) is 127 cm³/mol. The molecule has 0 aliphatic rings. The van der Waals surface area contributed by atoms with E-state index < -0.39 is 5.82 Å². The molecule has 4 aromatic rings. The van der Waals surface area contributed by atoms with Gasteiger partial charge in [0.2, 0.25) is 5.95 Å². The Morgan fingerprint density at radius 2 is 1.85 bits per heavy atom. The summed E-state index contributed by atoms with van der Waals surface area (Å²) in [5.74, 6) is 0.0324. The molecule has 0 unspecified atom stereocenters. The van der Waals surface area contributed by atoms with E-state index in [1.54, 1.807) is 30.6 Å². The molecule has 0 radical (unpaired) electrons. The summed E-state index contributed by atoms with van der Waals surface area (Å²) >= 11 is 3.32. The quantitative estimate of drug-likeness (QED) is 0.373. The molecule has 0 fully saturated rings. The maximum atomic E-state index is 14.1. The lowest BCUT2D eigenvalue weighted by molar-refractivity contribution is 0.633. The molecule has 3 aromatic heterocycles. The van der Waals surface area contributed by atoms with Crippen LogP contribution >= 0.6 is 15.9 Å². The molecule has 4 rings (SSSR count). The van der Waals surface area contributed by atoms with Crippen molar-refractivity contribution in [2.75, 3.05) is 17.2 Å². The number of pyridine rings is 1. The molecule has 3 heterocycles. The number of nitrogens with zero attached hydrogens (tertiary/aromatic N) is 6. The van der Waals surface area contributed by atoms with E-state index in [-0.39, 0.29) is 39.6 Å². The smallest absolute Gasteiger partial charge is 0.267 e. The van der Waals surface area contributed by atoms with Crippen molar-refractivity contribution in [3.63, 3.8) is 0 Å². The van der Waals surface area contributed by atoms with Crippen molar-refractivity contribution in [2.24, 2.45) is 0 Å². The van der Waals surface area contributed by atoms with Crippen LogP contribution < -0.4 is 22.8 Å².